The molecule has 0 radical (unpaired) electrons. The Kier molecular flexibility index (Phi) is 6.19. The third kappa shape index (κ3) is 4.81. The second-order valence-corrected chi connectivity index (χ2v) is 4.86. The second-order valence-electron chi connectivity index (χ2n) is 3.34. The number of nitrogens with zero attached hydrogens (tertiary/aromatic N) is 1. The van der Waals surface area contributed by atoms with E-state index in [1.165, 1.54) is 7.11 Å². The maximum Gasteiger partial charge on any atom is 0.615 e. The van der Waals surface area contributed by atoms with Crippen LogP contribution in [0.3, 0.4) is 0 Å². The summed E-state index contributed by atoms with van der Waals surface area (Å²) < 4.78 is 23.0. The van der Waals surface area contributed by atoms with E-state index in [1.807, 2.05) is 30.3 Å². The van der Waals surface area contributed by atoms with Gasteiger partial charge >= 0.3 is 8.18 Å². The first-order valence-corrected chi connectivity index (χ1v) is 6.21. The topological polar surface area (TPSA) is 38.8 Å². The average molecular weight is 242 g/mol. The minimum absolute atomic E-state index is 0.538. The van der Waals surface area contributed by atoms with Crippen molar-refractivity contribution in [2.24, 2.45) is 0 Å². The molecule has 1 atom stereocenters. The van der Waals surface area contributed by atoms with Crippen LogP contribution in [0.1, 0.15) is 5.56 Å². The summed E-state index contributed by atoms with van der Waals surface area (Å²) in [6, 6.07) is 9.96. The summed E-state index contributed by atoms with van der Waals surface area (Å²) >= 11 is 0. The highest BCUT2D eigenvalue weighted by Gasteiger charge is 2.22. The zero-order valence-corrected chi connectivity index (χ0v) is 10.5. The predicted molar refractivity (Wildman–Crippen MR) is 63.3 cm³/mol. The van der Waals surface area contributed by atoms with E-state index in [9.17, 15) is 4.57 Å². The van der Waals surface area contributed by atoms with E-state index in [0.29, 0.717) is 19.8 Å². The molecule has 0 aliphatic heterocycles. The van der Waals surface area contributed by atoms with Gasteiger partial charge in [0.05, 0.1) is 26.9 Å². The Hall–Kier alpha value is -0.800. The summed E-state index contributed by atoms with van der Waals surface area (Å²) in [5.74, 6) is 0. The normalized spacial score (nSPS) is 11.8. The molecule has 0 bridgehead atoms. The fourth-order valence-electron chi connectivity index (χ4n) is 1.18. The third-order valence-corrected chi connectivity index (χ3v) is 3.18. The van der Waals surface area contributed by atoms with Gasteiger partial charge in [-0.1, -0.05) is 35.0 Å². The van der Waals surface area contributed by atoms with E-state index in [4.69, 9.17) is 9.26 Å². The molecule has 0 saturated carbocycles. The van der Waals surface area contributed by atoms with Gasteiger partial charge < -0.3 is 4.74 Å². The largest absolute Gasteiger partial charge is 0.615 e. The molecule has 0 heterocycles. The van der Waals surface area contributed by atoms with Gasteiger partial charge in [0.15, 0.2) is 0 Å². The molecular formula is C11H17NO3P+. The van der Waals surface area contributed by atoms with Crippen LogP contribution in [-0.4, -0.2) is 32.0 Å². The fourth-order valence-corrected chi connectivity index (χ4v) is 1.71. The van der Waals surface area contributed by atoms with Gasteiger partial charge in [0.2, 0.25) is 0 Å². The Balaban J connectivity index is 2.15. The number of ether oxygens (including phenoxy) is 1. The lowest BCUT2D eigenvalue weighted by molar-refractivity contribution is 0.112. The second kappa shape index (κ2) is 7.47. The molecule has 5 heteroatoms. The molecule has 0 amide bonds. The van der Waals surface area contributed by atoms with E-state index in [1.54, 1.807) is 11.7 Å². The number of benzene rings is 1. The van der Waals surface area contributed by atoms with Crippen molar-refractivity contribution in [2.75, 3.05) is 27.3 Å². The monoisotopic (exact) mass is 242 g/mol. The minimum Gasteiger partial charge on any atom is -0.375 e. The standard InChI is InChI=1S/C11H17NO3P/c1-12(16(13)14-2)8-9-15-10-11-6-4-3-5-7-11/h3-7H,8-10H2,1-2H3/q+1. The van der Waals surface area contributed by atoms with E-state index in [2.05, 4.69) is 0 Å². The average Bonchev–Trinajstić information content (AvgIpc) is 2.34. The van der Waals surface area contributed by atoms with Gasteiger partial charge in [-0.05, 0) is 10.1 Å². The van der Waals surface area contributed by atoms with Gasteiger partial charge in [0, 0.05) is 7.05 Å². The molecular weight excluding hydrogens is 225 g/mol. The van der Waals surface area contributed by atoms with Crippen molar-refractivity contribution in [1.29, 1.82) is 0 Å². The van der Waals surface area contributed by atoms with Crippen molar-refractivity contribution >= 4 is 8.18 Å². The molecule has 0 N–H and O–H groups in total. The van der Waals surface area contributed by atoms with E-state index < -0.39 is 8.18 Å². The van der Waals surface area contributed by atoms with Gasteiger partial charge in [-0.3, -0.25) is 0 Å². The number of hydrogen-bond donors (Lipinski definition) is 0. The van der Waals surface area contributed by atoms with Crippen LogP contribution in [0.2, 0.25) is 0 Å². The van der Waals surface area contributed by atoms with Crippen molar-refractivity contribution in [3.63, 3.8) is 0 Å². The minimum atomic E-state index is -1.71. The van der Waals surface area contributed by atoms with Gasteiger partial charge in [0.1, 0.15) is 0 Å². The van der Waals surface area contributed by atoms with Crippen LogP contribution in [0.4, 0.5) is 0 Å². The first-order valence-electron chi connectivity index (χ1n) is 5.08. The van der Waals surface area contributed by atoms with Crippen LogP contribution in [0, 0.1) is 0 Å². The summed E-state index contributed by atoms with van der Waals surface area (Å²) in [5, 5.41) is 0. The predicted octanol–water partition coefficient (Wildman–Crippen LogP) is 2.44. The molecule has 1 aromatic carbocycles. The van der Waals surface area contributed by atoms with Gasteiger partial charge in [-0.2, -0.15) is 0 Å². The highest BCUT2D eigenvalue weighted by Crippen LogP contribution is 2.23. The summed E-state index contributed by atoms with van der Waals surface area (Å²) in [7, 11) is 1.47. The molecule has 1 aromatic rings. The van der Waals surface area contributed by atoms with Crippen LogP contribution in [0.15, 0.2) is 30.3 Å². The van der Waals surface area contributed by atoms with E-state index >= 15 is 0 Å². The Bertz CT molecular complexity index is 318. The van der Waals surface area contributed by atoms with Crippen molar-refractivity contribution in [3.05, 3.63) is 35.9 Å². The van der Waals surface area contributed by atoms with E-state index in [0.717, 1.165) is 5.56 Å². The number of likely N-dealkylation sites (N-methyl/N-ethyl adjacent to an activating group) is 1. The number of rotatable bonds is 7. The molecule has 1 unspecified atom stereocenters. The Morgan fingerprint density at radius 2 is 2.00 bits per heavy atom. The lowest BCUT2D eigenvalue weighted by atomic mass is 10.2. The highest BCUT2D eigenvalue weighted by molar-refractivity contribution is 7.36. The van der Waals surface area contributed by atoms with Crippen LogP contribution in [0.5, 0.6) is 0 Å². The molecule has 4 nitrogen and oxygen atoms in total. The molecule has 0 aliphatic carbocycles. The molecule has 0 aromatic heterocycles. The maximum atomic E-state index is 11.2. The van der Waals surface area contributed by atoms with Crippen LogP contribution >= 0.6 is 8.18 Å². The van der Waals surface area contributed by atoms with Gasteiger partial charge in [-0.25, -0.2) is 0 Å². The van der Waals surface area contributed by atoms with Gasteiger partial charge in [-0.15, -0.1) is 4.52 Å². The Labute approximate surface area is 97.1 Å². The van der Waals surface area contributed by atoms with Gasteiger partial charge in [0.25, 0.3) is 0 Å². The van der Waals surface area contributed by atoms with Crippen LogP contribution in [0.25, 0.3) is 0 Å². The smallest absolute Gasteiger partial charge is 0.375 e. The molecule has 1 rings (SSSR count). The third-order valence-electron chi connectivity index (χ3n) is 2.11. The lowest BCUT2D eigenvalue weighted by Gasteiger charge is -2.05. The zero-order chi connectivity index (χ0) is 11.8. The van der Waals surface area contributed by atoms with Crippen LogP contribution < -0.4 is 0 Å². The summed E-state index contributed by atoms with van der Waals surface area (Å²) in [5.41, 5.74) is 1.14. The summed E-state index contributed by atoms with van der Waals surface area (Å²) in [6.07, 6.45) is 0. The zero-order valence-electron chi connectivity index (χ0n) is 9.63. The molecule has 0 spiro atoms. The highest BCUT2D eigenvalue weighted by atomic mass is 31.1. The lowest BCUT2D eigenvalue weighted by Crippen LogP contribution is -2.16. The maximum absolute atomic E-state index is 11.2. The quantitative estimate of drug-likeness (QED) is 0.543. The molecule has 0 saturated heterocycles. The van der Waals surface area contributed by atoms with E-state index in [-0.39, 0.29) is 0 Å². The first-order chi connectivity index (χ1) is 7.74. The SMILES string of the molecule is CO[P+](=O)N(C)CCOCc1ccccc1. The molecule has 88 valence electrons. The molecule has 0 aliphatic rings. The molecule has 0 fully saturated rings. The van der Waals surface area contributed by atoms with Crippen molar-refractivity contribution in [3.8, 4) is 0 Å². The van der Waals surface area contributed by atoms with Crippen molar-refractivity contribution in [1.82, 2.24) is 4.67 Å². The molecule has 16 heavy (non-hydrogen) atoms. The van der Waals surface area contributed by atoms with Crippen molar-refractivity contribution < 1.29 is 13.8 Å². The van der Waals surface area contributed by atoms with Crippen molar-refractivity contribution in [2.45, 2.75) is 6.61 Å². The Morgan fingerprint density at radius 3 is 2.62 bits per heavy atom. The number of hydrogen-bond acceptors (Lipinski definition) is 3. The summed E-state index contributed by atoms with van der Waals surface area (Å²) in [4.78, 5) is 0. The first kappa shape index (κ1) is 13.3. The van der Waals surface area contributed by atoms with Crippen LogP contribution in [-0.2, 0) is 20.4 Å². The fraction of sp³-hybridized carbons (Fsp3) is 0.455. The Morgan fingerprint density at radius 1 is 1.31 bits per heavy atom. The summed E-state index contributed by atoms with van der Waals surface area (Å²) in [6.45, 7) is 1.71.